The smallest absolute Gasteiger partial charge is 0.243 e. The average molecular weight is 390 g/mol. The molecule has 1 amide bonds. The van der Waals surface area contributed by atoms with Crippen LogP contribution in [-0.4, -0.2) is 49.7 Å². The number of hydrogen-bond acceptors (Lipinski definition) is 4. The monoisotopic (exact) mass is 389 g/mol. The highest BCUT2D eigenvalue weighted by Crippen LogP contribution is 2.28. The van der Waals surface area contributed by atoms with Crippen LogP contribution in [0, 0.1) is 37.0 Å². The second-order valence-electron chi connectivity index (χ2n) is 7.68. The summed E-state index contributed by atoms with van der Waals surface area (Å²) in [7, 11) is -3.52. The zero-order valence-corrected chi connectivity index (χ0v) is 16.8. The fraction of sp³-hybridized carbons (Fsp3) is 0.600. The standard InChI is InChI=1S/C20H27N3O3S/c1-15-3-4-19(16(2)13-15)27(25,26)23-11-7-18(8-12-23)20(24)22-9-5-17(14-21)6-10-22/h3-4,13,17-18H,5-12H2,1-2H3. The predicted molar refractivity (Wildman–Crippen MR) is 102 cm³/mol. The van der Waals surface area contributed by atoms with E-state index in [1.807, 2.05) is 30.9 Å². The molecular weight excluding hydrogens is 362 g/mol. The maximum Gasteiger partial charge on any atom is 0.243 e. The number of amides is 1. The van der Waals surface area contributed by atoms with Crippen molar-refractivity contribution in [2.24, 2.45) is 11.8 Å². The Morgan fingerprint density at radius 2 is 1.70 bits per heavy atom. The topological polar surface area (TPSA) is 81.5 Å². The van der Waals surface area contributed by atoms with Crippen LogP contribution in [0.3, 0.4) is 0 Å². The largest absolute Gasteiger partial charge is 0.342 e. The quantitative estimate of drug-likeness (QED) is 0.795. The van der Waals surface area contributed by atoms with E-state index in [4.69, 9.17) is 5.26 Å². The molecule has 1 aromatic rings. The van der Waals surface area contributed by atoms with E-state index in [-0.39, 0.29) is 17.7 Å². The van der Waals surface area contributed by atoms with Gasteiger partial charge in [-0.1, -0.05) is 17.7 Å². The molecule has 27 heavy (non-hydrogen) atoms. The third-order valence-electron chi connectivity index (χ3n) is 5.74. The number of nitrogens with zero attached hydrogens (tertiary/aromatic N) is 3. The molecule has 2 saturated heterocycles. The van der Waals surface area contributed by atoms with Gasteiger partial charge in [0.05, 0.1) is 11.0 Å². The fourth-order valence-electron chi connectivity index (χ4n) is 4.06. The molecule has 0 aliphatic carbocycles. The van der Waals surface area contributed by atoms with Crippen LogP contribution in [0.15, 0.2) is 23.1 Å². The molecule has 2 aliphatic rings. The number of aryl methyl sites for hydroxylation is 2. The number of rotatable bonds is 3. The van der Waals surface area contributed by atoms with Crippen LogP contribution < -0.4 is 0 Å². The Morgan fingerprint density at radius 3 is 2.26 bits per heavy atom. The molecule has 7 heteroatoms. The Morgan fingerprint density at radius 1 is 1.07 bits per heavy atom. The number of benzene rings is 1. The van der Waals surface area contributed by atoms with Crippen LogP contribution in [0.25, 0.3) is 0 Å². The van der Waals surface area contributed by atoms with Crippen molar-refractivity contribution >= 4 is 15.9 Å². The van der Waals surface area contributed by atoms with E-state index in [1.165, 1.54) is 4.31 Å². The van der Waals surface area contributed by atoms with Gasteiger partial charge >= 0.3 is 0 Å². The Balaban J connectivity index is 1.61. The zero-order valence-electron chi connectivity index (χ0n) is 16.0. The van der Waals surface area contributed by atoms with Gasteiger partial charge in [0, 0.05) is 38.0 Å². The number of likely N-dealkylation sites (tertiary alicyclic amines) is 1. The fourth-order valence-corrected chi connectivity index (χ4v) is 5.73. The molecule has 146 valence electrons. The van der Waals surface area contributed by atoms with Crippen LogP contribution >= 0.6 is 0 Å². The van der Waals surface area contributed by atoms with Crippen LogP contribution in [0.2, 0.25) is 0 Å². The summed E-state index contributed by atoms with van der Waals surface area (Å²) in [4.78, 5) is 15.0. The third-order valence-corrected chi connectivity index (χ3v) is 7.80. The molecule has 0 radical (unpaired) electrons. The van der Waals surface area contributed by atoms with E-state index >= 15 is 0 Å². The highest BCUT2D eigenvalue weighted by atomic mass is 32.2. The van der Waals surface area contributed by atoms with Gasteiger partial charge in [-0.3, -0.25) is 4.79 Å². The van der Waals surface area contributed by atoms with E-state index < -0.39 is 10.0 Å². The summed E-state index contributed by atoms with van der Waals surface area (Å²) in [6.07, 6.45) is 2.59. The first kappa shape index (κ1) is 19.8. The second kappa shape index (κ2) is 7.99. The minimum absolute atomic E-state index is 0.0544. The molecule has 1 aromatic carbocycles. The summed E-state index contributed by atoms with van der Waals surface area (Å²) in [5.74, 6) is 0.0583. The summed E-state index contributed by atoms with van der Waals surface area (Å²) in [5.41, 5.74) is 1.80. The Labute approximate surface area is 161 Å². The highest BCUT2D eigenvalue weighted by molar-refractivity contribution is 7.89. The zero-order chi connectivity index (χ0) is 19.6. The maximum absolute atomic E-state index is 13.0. The van der Waals surface area contributed by atoms with Crippen molar-refractivity contribution in [3.63, 3.8) is 0 Å². The molecule has 2 aliphatic heterocycles. The first-order valence-corrected chi connectivity index (χ1v) is 11.0. The van der Waals surface area contributed by atoms with Gasteiger partial charge in [0.25, 0.3) is 0 Å². The molecule has 0 saturated carbocycles. The lowest BCUT2D eigenvalue weighted by atomic mass is 9.93. The van der Waals surface area contributed by atoms with E-state index in [0.29, 0.717) is 43.9 Å². The first-order chi connectivity index (χ1) is 12.8. The number of carbonyl (C=O) groups is 1. The van der Waals surface area contributed by atoms with E-state index in [9.17, 15) is 13.2 Å². The molecule has 2 fully saturated rings. The molecule has 2 heterocycles. The van der Waals surface area contributed by atoms with E-state index in [1.54, 1.807) is 6.07 Å². The summed E-state index contributed by atoms with van der Waals surface area (Å²) in [6.45, 7) is 5.79. The Bertz CT molecular complexity index is 844. The van der Waals surface area contributed by atoms with Crippen LogP contribution in [0.4, 0.5) is 0 Å². The van der Waals surface area contributed by atoms with Gasteiger partial charge in [0.15, 0.2) is 0 Å². The second-order valence-corrected chi connectivity index (χ2v) is 9.58. The maximum atomic E-state index is 13.0. The van der Waals surface area contributed by atoms with Crippen molar-refractivity contribution < 1.29 is 13.2 Å². The van der Waals surface area contributed by atoms with Gasteiger partial charge in [0.2, 0.25) is 15.9 Å². The summed E-state index contributed by atoms with van der Waals surface area (Å²) < 4.78 is 27.4. The molecule has 0 bridgehead atoms. The Kier molecular flexibility index (Phi) is 5.87. The van der Waals surface area contributed by atoms with Gasteiger partial charge in [-0.2, -0.15) is 9.57 Å². The van der Waals surface area contributed by atoms with Crippen LogP contribution in [0.1, 0.15) is 36.8 Å². The summed E-state index contributed by atoms with van der Waals surface area (Å²) in [6, 6.07) is 7.66. The lowest BCUT2D eigenvalue weighted by Gasteiger charge is -2.36. The van der Waals surface area contributed by atoms with Crippen molar-refractivity contribution in [3.8, 4) is 6.07 Å². The van der Waals surface area contributed by atoms with Gasteiger partial charge < -0.3 is 4.90 Å². The third kappa shape index (κ3) is 4.17. The van der Waals surface area contributed by atoms with E-state index in [0.717, 1.165) is 24.0 Å². The molecule has 6 nitrogen and oxygen atoms in total. The van der Waals surface area contributed by atoms with Crippen molar-refractivity contribution in [3.05, 3.63) is 29.3 Å². The van der Waals surface area contributed by atoms with Crippen LogP contribution in [0.5, 0.6) is 0 Å². The van der Waals surface area contributed by atoms with Gasteiger partial charge in [-0.05, 0) is 51.2 Å². The molecular formula is C20H27N3O3S. The molecule has 0 spiro atoms. The Hall–Kier alpha value is -1.91. The van der Waals surface area contributed by atoms with Gasteiger partial charge in [-0.25, -0.2) is 8.42 Å². The summed E-state index contributed by atoms with van der Waals surface area (Å²) >= 11 is 0. The molecule has 0 unspecified atom stereocenters. The number of hydrogen-bond donors (Lipinski definition) is 0. The minimum Gasteiger partial charge on any atom is -0.342 e. The SMILES string of the molecule is Cc1ccc(S(=O)(=O)N2CCC(C(=O)N3CCC(C#N)CC3)CC2)c(C)c1. The van der Waals surface area contributed by atoms with Crippen LogP contribution in [-0.2, 0) is 14.8 Å². The van der Waals surface area contributed by atoms with Crippen molar-refractivity contribution in [1.29, 1.82) is 5.26 Å². The number of nitriles is 1. The average Bonchev–Trinajstić information content (AvgIpc) is 2.67. The van der Waals surface area contributed by atoms with Gasteiger partial charge in [-0.15, -0.1) is 0 Å². The van der Waals surface area contributed by atoms with Crippen molar-refractivity contribution in [1.82, 2.24) is 9.21 Å². The molecule has 0 atom stereocenters. The summed E-state index contributed by atoms with van der Waals surface area (Å²) in [5, 5.41) is 8.98. The number of carbonyl (C=O) groups excluding carboxylic acids is 1. The lowest BCUT2D eigenvalue weighted by molar-refractivity contribution is -0.137. The predicted octanol–water partition coefficient (Wildman–Crippen LogP) is 2.47. The number of piperidine rings is 2. The minimum atomic E-state index is -3.52. The molecule has 0 aromatic heterocycles. The first-order valence-electron chi connectivity index (χ1n) is 9.58. The van der Waals surface area contributed by atoms with Gasteiger partial charge in [0.1, 0.15) is 0 Å². The normalized spacial score (nSPS) is 20.4. The molecule has 3 rings (SSSR count). The highest BCUT2D eigenvalue weighted by Gasteiger charge is 2.35. The van der Waals surface area contributed by atoms with E-state index in [2.05, 4.69) is 6.07 Å². The number of sulfonamides is 1. The van der Waals surface area contributed by atoms with Crippen molar-refractivity contribution in [2.75, 3.05) is 26.2 Å². The molecule has 0 N–H and O–H groups in total. The van der Waals surface area contributed by atoms with Crippen molar-refractivity contribution in [2.45, 2.75) is 44.4 Å². The lowest BCUT2D eigenvalue weighted by Crippen LogP contribution is -2.46.